The number of pyridine rings is 2. The first-order chi connectivity index (χ1) is 10.7. The summed E-state index contributed by atoms with van der Waals surface area (Å²) >= 11 is 3.47. The van der Waals surface area contributed by atoms with E-state index in [0.717, 1.165) is 21.5 Å². The van der Waals surface area contributed by atoms with Crippen molar-refractivity contribution in [3.8, 4) is 0 Å². The highest BCUT2D eigenvalue weighted by atomic mass is 79.9. The van der Waals surface area contributed by atoms with Gasteiger partial charge < -0.3 is 11.1 Å². The largest absolute Gasteiger partial charge is 0.397 e. The van der Waals surface area contributed by atoms with E-state index in [-0.39, 0.29) is 6.04 Å². The number of rotatable bonds is 4. The van der Waals surface area contributed by atoms with Crippen molar-refractivity contribution in [3.63, 3.8) is 0 Å². The summed E-state index contributed by atoms with van der Waals surface area (Å²) in [4.78, 5) is 8.90. The smallest absolute Gasteiger partial charge is 0.111 e. The Kier molecular flexibility index (Phi) is 4.34. The number of anilines is 2. The molecule has 0 atom stereocenters. The third kappa shape index (κ3) is 3.26. The van der Waals surface area contributed by atoms with Gasteiger partial charge in [0.15, 0.2) is 0 Å². The first-order valence-corrected chi connectivity index (χ1v) is 7.67. The first kappa shape index (κ1) is 14.5. The molecule has 5 heteroatoms. The normalized spacial score (nSPS) is 10.6. The molecule has 22 heavy (non-hydrogen) atoms. The van der Waals surface area contributed by atoms with Crippen molar-refractivity contribution >= 4 is 27.3 Å². The van der Waals surface area contributed by atoms with Crippen LogP contribution < -0.4 is 11.1 Å². The van der Waals surface area contributed by atoms with Crippen molar-refractivity contribution in [1.82, 2.24) is 9.97 Å². The molecule has 0 radical (unpaired) electrons. The van der Waals surface area contributed by atoms with Crippen molar-refractivity contribution in [2.24, 2.45) is 0 Å². The average Bonchev–Trinajstić information content (AvgIpc) is 2.57. The highest BCUT2D eigenvalue weighted by Gasteiger charge is 2.17. The number of nitrogens with one attached hydrogen (secondary N) is 1. The third-order valence-corrected chi connectivity index (χ3v) is 3.78. The predicted molar refractivity (Wildman–Crippen MR) is 92.5 cm³/mol. The zero-order chi connectivity index (χ0) is 15.4. The molecule has 0 saturated carbocycles. The highest BCUT2D eigenvalue weighted by molar-refractivity contribution is 9.10. The van der Waals surface area contributed by atoms with E-state index in [1.807, 2.05) is 54.6 Å². The van der Waals surface area contributed by atoms with Crippen molar-refractivity contribution in [3.05, 3.63) is 82.9 Å². The van der Waals surface area contributed by atoms with Gasteiger partial charge in [-0.05, 0) is 42.5 Å². The number of benzene rings is 1. The lowest BCUT2D eigenvalue weighted by atomic mass is 10.1. The number of hydrogen-bond donors (Lipinski definition) is 2. The molecule has 0 aliphatic carbocycles. The summed E-state index contributed by atoms with van der Waals surface area (Å²) in [5.41, 5.74) is 9.37. The quantitative estimate of drug-likeness (QED) is 0.694. The lowest BCUT2D eigenvalue weighted by Crippen LogP contribution is -2.16. The van der Waals surface area contributed by atoms with Crippen LogP contribution in [0.4, 0.5) is 11.4 Å². The fraction of sp³-hybridized carbons (Fsp3) is 0.0588. The van der Waals surface area contributed by atoms with Crippen LogP contribution in [0.15, 0.2) is 71.5 Å². The first-order valence-electron chi connectivity index (χ1n) is 6.87. The van der Waals surface area contributed by atoms with Gasteiger partial charge in [-0.2, -0.15) is 0 Å². The lowest BCUT2D eigenvalue weighted by molar-refractivity contribution is 0.847. The zero-order valence-corrected chi connectivity index (χ0v) is 13.4. The average molecular weight is 355 g/mol. The minimum Gasteiger partial charge on any atom is -0.397 e. The Labute approximate surface area is 137 Å². The minimum atomic E-state index is -0.168. The second kappa shape index (κ2) is 6.58. The van der Waals surface area contributed by atoms with E-state index in [4.69, 9.17) is 5.73 Å². The number of hydrogen-bond acceptors (Lipinski definition) is 4. The predicted octanol–water partition coefficient (Wildman–Crippen LogP) is 4.02. The van der Waals surface area contributed by atoms with Crippen LogP contribution in [0.5, 0.6) is 0 Å². The van der Waals surface area contributed by atoms with E-state index in [1.54, 1.807) is 12.4 Å². The molecular weight excluding hydrogens is 340 g/mol. The number of nitrogen functional groups attached to an aromatic ring is 1. The van der Waals surface area contributed by atoms with Gasteiger partial charge in [0.25, 0.3) is 0 Å². The SMILES string of the molecule is Nc1ccc(Br)cc1NC(c1ccccn1)c1ccccn1. The van der Waals surface area contributed by atoms with Gasteiger partial charge in [-0.3, -0.25) is 9.97 Å². The molecule has 3 rings (SSSR count). The summed E-state index contributed by atoms with van der Waals surface area (Å²) in [6, 6.07) is 17.2. The van der Waals surface area contributed by atoms with E-state index in [9.17, 15) is 0 Å². The molecule has 1 aromatic carbocycles. The van der Waals surface area contributed by atoms with E-state index >= 15 is 0 Å². The number of halogens is 1. The second-order valence-corrected chi connectivity index (χ2v) is 5.73. The van der Waals surface area contributed by atoms with Crippen molar-refractivity contribution < 1.29 is 0 Å². The second-order valence-electron chi connectivity index (χ2n) is 4.82. The summed E-state index contributed by atoms with van der Waals surface area (Å²) in [6.45, 7) is 0. The molecule has 2 aromatic heterocycles. The van der Waals surface area contributed by atoms with Crippen LogP contribution in [0.2, 0.25) is 0 Å². The van der Waals surface area contributed by atoms with Gasteiger partial charge in [-0.1, -0.05) is 28.1 Å². The van der Waals surface area contributed by atoms with Crippen LogP contribution in [0.3, 0.4) is 0 Å². The highest BCUT2D eigenvalue weighted by Crippen LogP contribution is 2.29. The Balaban J connectivity index is 2.01. The summed E-state index contributed by atoms with van der Waals surface area (Å²) in [6.07, 6.45) is 3.55. The fourth-order valence-electron chi connectivity index (χ4n) is 2.20. The molecule has 0 spiro atoms. The Morgan fingerprint density at radius 1 is 0.909 bits per heavy atom. The maximum absolute atomic E-state index is 6.07. The summed E-state index contributed by atoms with van der Waals surface area (Å²) in [5, 5.41) is 3.44. The molecule has 3 aromatic rings. The molecular formula is C17H15BrN4. The van der Waals surface area contributed by atoms with Crippen LogP contribution in [-0.4, -0.2) is 9.97 Å². The monoisotopic (exact) mass is 354 g/mol. The van der Waals surface area contributed by atoms with E-state index in [0.29, 0.717) is 5.69 Å². The van der Waals surface area contributed by atoms with Crippen LogP contribution in [0.25, 0.3) is 0 Å². The van der Waals surface area contributed by atoms with Crippen LogP contribution in [0, 0.1) is 0 Å². The molecule has 0 fully saturated rings. The van der Waals surface area contributed by atoms with Gasteiger partial charge in [0.2, 0.25) is 0 Å². The van der Waals surface area contributed by atoms with Gasteiger partial charge >= 0.3 is 0 Å². The van der Waals surface area contributed by atoms with Gasteiger partial charge in [0.05, 0.1) is 22.8 Å². The van der Waals surface area contributed by atoms with Gasteiger partial charge in [0.1, 0.15) is 6.04 Å². The topological polar surface area (TPSA) is 63.8 Å². The molecule has 0 unspecified atom stereocenters. The lowest BCUT2D eigenvalue weighted by Gasteiger charge is -2.20. The standard InChI is InChI=1S/C17H15BrN4/c18-12-7-8-13(19)16(11-12)22-17(14-5-1-3-9-20-14)15-6-2-4-10-21-15/h1-11,17,22H,19H2. The third-order valence-electron chi connectivity index (χ3n) is 3.28. The zero-order valence-electron chi connectivity index (χ0n) is 11.8. The molecule has 3 N–H and O–H groups in total. The Bertz CT molecular complexity index is 708. The van der Waals surface area contributed by atoms with E-state index < -0.39 is 0 Å². The Morgan fingerprint density at radius 2 is 1.55 bits per heavy atom. The van der Waals surface area contributed by atoms with Crippen LogP contribution >= 0.6 is 15.9 Å². The molecule has 0 bridgehead atoms. The summed E-state index contributed by atoms with van der Waals surface area (Å²) in [5.74, 6) is 0. The van der Waals surface area contributed by atoms with Gasteiger partial charge in [-0.15, -0.1) is 0 Å². The van der Waals surface area contributed by atoms with E-state index in [1.165, 1.54) is 0 Å². The molecule has 2 heterocycles. The maximum atomic E-state index is 6.07. The molecule has 0 aliphatic rings. The Hall–Kier alpha value is -2.40. The summed E-state index contributed by atoms with van der Waals surface area (Å²) < 4.78 is 0.963. The molecule has 110 valence electrons. The van der Waals surface area contributed by atoms with Crippen molar-refractivity contribution in [2.75, 3.05) is 11.1 Å². The minimum absolute atomic E-state index is 0.168. The van der Waals surface area contributed by atoms with Crippen molar-refractivity contribution in [1.29, 1.82) is 0 Å². The molecule has 4 nitrogen and oxygen atoms in total. The maximum Gasteiger partial charge on any atom is 0.111 e. The Morgan fingerprint density at radius 3 is 2.09 bits per heavy atom. The molecule has 0 aliphatic heterocycles. The van der Waals surface area contributed by atoms with E-state index in [2.05, 4.69) is 31.2 Å². The van der Waals surface area contributed by atoms with Crippen LogP contribution in [-0.2, 0) is 0 Å². The molecule has 0 amide bonds. The molecule has 0 saturated heterocycles. The van der Waals surface area contributed by atoms with Gasteiger partial charge in [-0.25, -0.2) is 0 Å². The van der Waals surface area contributed by atoms with Gasteiger partial charge in [0, 0.05) is 16.9 Å². The van der Waals surface area contributed by atoms with Crippen LogP contribution in [0.1, 0.15) is 17.4 Å². The fourth-order valence-corrected chi connectivity index (χ4v) is 2.56. The number of aromatic nitrogens is 2. The number of nitrogens with zero attached hydrogens (tertiary/aromatic N) is 2. The van der Waals surface area contributed by atoms with Crippen molar-refractivity contribution in [2.45, 2.75) is 6.04 Å². The number of nitrogens with two attached hydrogens (primary N) is 1. The summed E-state index contributed by atoms with van der Waals surface area (Å²) in [7, 11) is 0.